The highest BCUT2D eigenvalue weighted by atomic mass is 16.5. The molecule has 0 spiro atoms. The van der Waals surface area contributed by atoms with Crippen LogP contribution >= 0.6 is 0 Å². The Morgan fingerprint density at radius 3 is 2.67 bits per heavy atom. The van der Waals surface area contributed by atoms with Crippen molar-refractivity contribution in [3.8, 4) is 0 Å². The van der Waals surface area contributed by atoms with Crippen molar-refractivity contribution >= 4 is 5.97 Å². The zero-order valence-electron chi connectivity index (χ0n) is 9.37. The molecule has 0 saturated carbocycles. The van der Waals surface area contributed by atoms with Gasteiger partial charge in [0.15, 0.2) is 0 Å². The van der Waals surface area contributed by atoms with Gasteiger partial charge in [0.05, 0.1) is 6.61 Å². The maximum Gasteiger partial charge on any atom is 0.323 e. The van der Waals surface area contributed by atoms with E-state index >= 15 is 0 Å². The molecular weight excluding hydrogens is 192 g/mol. The van der Waals surface area contributed by atoms with Crippen LogP contribution in [0.3, 0.4) is 0 Å². The van der Waals surface area contributed by atoms with E-state index < -0.39 is 0 Å². The Hall–Kier alpha value is -0.610. The van der Waals surface area contributed by atoms with E-state index in [9.17, 15) is 4.79 Å². The summed E-state index contributed by atoms with van der Waals surface area (Å²) in [7, 11) is 0. The lowest BCUT2D eigenvalue weighted by Crippen LogP contribution is -2.49. The number of nitrogens with one attached hydrogen (secondary N) is 1. The van der Waals surface area contributed by atoms with Gasteiger partial charge in [0.2, 0.25) is 0 Å². The molecule has 0 aromatic carbocycles. The molecule has 0 amide bonds. The highest BCUT2D eigenvalue weighted by molar-refractivity contribution is 5.77. The molecule has 15 heavy (non-hydrogen) atoms. The predicted molar refractivity (Wildman–Crippen MR) is 57.6 cm³/mol. The van der Waals surface area contributed by atoms with Crippen LogP contribution in [0, 0.1) is 0 Å². The van der Waals surface area contributed by atoms with Crippen LogP contribution in [0.1, 0.15) is 26.2 Å². The van der Waals surface area contributed by atoms with Gasteiger partial charge in [-0.15, -0.1) is 0 Å². The average Bonchev–Trinajstić information content (AvgIpc) is 2.68. The molecule has 0 aromatic heterocycles. The Bertz CT molecular complexity index is 227. The molecule has 2 aliphatic rings. The first kappa shape index (κ1) is 10.9. The van der Waals surface area contributed by atoms with Crippen molar-refractivity contribution in [3.05, 3.63) is 0 Å². The Labute approximate surface area is 91.0 Å². The number of piperidine rings is 1. The van der Waals surface area contributed by atoms with Crippen LogP contribution in [0.25, 0.3) is 0 Å². The largest absolute Gasteiger partial charge is 0.464 e. The van der Waals surface area contributed by atoms with Crippen molar-refractivity contribution in [2.45, 2.75) is 38.3 Å². The molecule has 4 nitrogen and oxygen atoms in total. The topological polar surface area (TPSA) is 41.6 Å². The lowest BCUT2D eigenvalue weighted by atomic mass is 10.0. The summed E-state index contributed by atoms with van der Waals surface area (Å²) in [5.41, 5.74) is 0. The van der Waals surface area contributed by atoms with Crippen molar-refractivity contribution in [2.75, 3.05) is 26.2 Å². The summed E-state index contributed by atoms with van der Waals surface area (Å²) in [6, 6.07) is 0.588. The standard InChI is InChI=1S/C11H20N2O2/c1-2-13(9-3-6-12-7-4-9)10-5-8-15-11(10)14/h9-10,12H,2-8H2,1H3. The molecule has 1 N–H and O–H groups in total. The minimum atomic E-state index is -0.0182. The molecule has 0 bridgehead atoms. The maximum atomic E-state index is 11.5. The van der Waals surface area contributed by atoms with Gasteiger partial charge in [-0.3, -0.25) is 9.69 Å². The molecule has 2 fully saturated rings. The Morgan fingerprint density at radius 1 is 1.40 bits per heavy atom. The van der Waals surface area contributed by atoms with Crippen LogP contribution in [0.5, 0.6) is 0 Å². The van der Waals surface area contributed by atoms with E-state index in [0.29, 0.717) is 12.6 Å². The molecule has 2 heterocycles. The molecule has 0 aliphatic carbocycles. The minimum Gasteiger partial charge on any atom is -0.464 e. The van der Waals surface area contributed by atoms with Crippen LogP contribution < -0.4 is 5.32 Å². The Balaban J connectivity index is 1.98. The zero-order valence-corrected chi connectivity index (χ0v) is 9.37. The highest BCUT2D eigenvalue weighted by Crippen LogP contribution is 2.21. The van der Waals surface area contributed by atoms with Crippen LogP contribution in [-0.4, -0.2) is 49.2 Å². The fraction of sp³-hybridized carbons (Fsp3) is 0.909. The van der Waals surface area contributed by atoms with Gasteiger partial charge in [0.1, 0.15) is 6.04 Å². The molecule has 0 radical (unpaired) electrons. The van der Waals surface area contributed by atoms with Crippen molar-refractivity contribution in [1.29, 1.82) is 0 Å². The van der Waals surface area contributed by atoms with E-state index in [1.54, 1.807) is 0 Å². The quantitative estimate of drug-likeness (QED) is 0.687. The van der Waals surface area contributed by atoms with Gasteiger partial charge >= 0.3 is 5.97 Å². The monoisotopic (exact) mass is 212 g/mol. The number of esters is 1. The van der Waals surface area contributed by atoms with Crippen molar-refractivity contribution in [2.24, 2.45) is 0 Å². The van der Waals surface area contributed by atoms with E-state index in [4.69, 9.17) is 4.74 Å². The molecule has 4 heteroatoms. The van der Waals surface area contributed by atoms with Gasteiger partial charge in [-0.1, -0.05) is 6.92 Å². The molecule has 0 aromatic rings. The summed E-state index contributed by atoms with van der Waals surface area (Å²) in [4.78, 5) is 13.9. The second kappa shape index (κ2) is 4.94. The summed E-state index contributed by atoms with van der Waals surface area (Å²) < 4.78 is 5.04. The SMILES string of the molecule is CCN(C1CCNCC1)C1CCOC1=O. The average molecular weight is 212 g/mol. The van der Waals surface area contributed by atoms with E-state index in [1.807, 2.05) is 0 Å². The second-order valence-electron chi connectivity index (χ2n) is 4.28. The third-order valence-electron chi connectivity index (χ3n) is 3.45. The van der Waals surface area contributed by atoms with Gasteiger partial charge in [-0.2, -0.15) is 0 Å². The number of hydrogen-bond donors (Lipinski definition) is 1. The van der Waals surface area contributed by atoms with E-state index in [2.05, 4.69) is 17.1 Å². The number of ether oxygens (including phenoxy) is 1. The molecule has 2 aliphatic heterocycles. The predicted octanol–water partition coefficient (Wildman–Crippen LogP) is 0.376. The summed E-state index contributed by atoms with van der Waals surface area (Å²) in [6.07, 6.45) is 3.17. The smallest absolute Gasteiger partial charge is 0.323 e. The van der Waals surface area contributed by atoms with Gasteiger partial charge in [-0.25, -0.2) is 0 Å². The lowest BCUT2D eigenvalue weighted by Gasteiger charge is -2.36. The van der Waals surface area contributed by atoms with E-state index in [-0.39, 0.29) is 12.0 Å². The summed E-state index contributed by atoms with van der Waals surface area (Å²) in [5, 5.41) is 3.35. The number of rotatable bonds is 3. The fourth-order valence-corrected chi connectivity index (χ4v) is 2.66. The second-order valence-corrected chi connectivity index (χ2v) is 4.28. The number of nitrogens with zero attached hydrogens (tertiary/aromatic N) is 1. The molecule has 1 atom stereocenters. The summed E-state index contributed by atoms with van der Waals surface area (Å²) in [6.45, 7) is 5.83. The van der Waals surface area contributed by atoms with Crippen molar-refractivity contribution in [1.82, 2.24) is 10.2 Å². The van der Waals surface area contributed by atoms with Crippen molar-refractivity contribution in [3.63, 3.8) is 0 Å². The van der Waals surface area contributed by atoms with E-state index in [0.717, 1.165) is 38.9 Å². The maximum absolute atomic E-state index is 11.5. The first-order valence-corrected chi connectivity index (χ1v) is 5.96. The van der Waals surface area contributed by atoms with Gasteiger partial charge < -0.3 is 10.1 Å². The number of carbonyl (C=O) groups excluding carboxylic acids is 1. The number of likely N-dealkylation sites (N-methyl/N-ethyl adjacent to an activating group) is 1. The summed E-state index contributed by atoms with van der Waals surface area (Å²) >= 11 is 0. The highest BCUT2D eigenvalue weighted by Gasteiger charge is 2.35. The lowest BCUT2D eigenvalue weighted by molar-refractivity contribution is -0.143. The van der Waals surface area contributed by atoms with Crippen LogP contribution in [0.15, 0.2) is 0 Å². The van der Waals surface area contributed by atoms with Crippen LogP contribution in [0.4, 0.5) is 0 Å². The Kier molecular flexibility index (Phi) is 3.59. The normalized spacial score (nSPS) is 28.4. The zero-order chi connectivity index (χ0) is 10.7. The molecule has 2 rings (SSSR count). The number of hydrogen-bond acceptors (Lipinski definition) is 4. The van der Waals surface area contributed by atoms with Gasteiger partial charge in [0.25, 0.3) is 0 Å². The van der Waals surface area contributed by atoms with Crippen LogP contribution in [0.2, 0.25) is 0 Å². The van der Waals surface area contributed by atoms with Gasteiger partial charge in [-0.05, 0) is 32.5 Å². The fourth-order valence-electron chi connectivity index (χ4n) is 2.66. The van der Waals surface area contributed by atoms with Crippen LogP contribution in [-0.2, 0) is 9.53 Å². The first-order valence-electron chi connectivity index (χ1n) is 5.96. The Morgan fingerprint density at radius 2 is 2.13 bits per heavy atom. The first-order chi connectivity index (χ1) is 7.33. The molecule has 1 unspecified atom stereocenters. The van der Waals surface area contributed by atoms with Gasteiger partial charge in [0, 0.05) is 12.5 Å². The molecule has 2 saturated heterocycles. The van der Waals surface area contributed by atoms with E-state index in [1.165, 1.54) is 0 Å². The third kappa shape index (κ3) is 2.32. The molecular formula is C11H20N2O2. The number of cyclic esters (lactones) is 1. The minimum absolute atomic E-state index is 0.0182. The third-order valence-corrected chi connectivity index (χ3v) is 3.45. The summed E-state index contributed by atoms with van der Waals surface area (Å²) in [5.74, 6) is -0.0182. The van der Waals surface area contributed by atoms with Crippen molar-refractivity contribution < 1.29 is 9.53 Å². The number of carbonyl (C=O) groups is 1. The molecule has 86 valence electrons.